The second-order valence-corrected chi connectivity index (χ2v) is 13.9. The average molecular weight is 759 g/mol. The molecule has 4 aromatic rings. The van der Waals surface area contributed by atoms with Gasteiger partial charge in [-0.15, -0.1) is 0 Å². The van der Waals surface area contributed by atoms with Crippen molar-refractivity contribution in [3.05, 3.63) is 81.0 Å². The van der Waals surface area contributed by atoms with E-state index in [0.29, 0.717) is 29.3 Å². The number of nitrogens with zero attached hydrogens (tertiary/aromatic N) is 2. The molecule has 3 atom stereocenters. The molecule has 2 aromatic heterocycles. The van der Waals surface area contributed by atoms with Gasteiger partial charge in [-0.2, -0.15) is 4.98 Å². The Morgan fingerprint density at radius 3 is 2.38 bits per heavy atom. The first-order valence-corrected chi connectivity index (χ1v) is 18.2. The van der Waals surface area contributed by atoms with Crippen LogP contribution >= 0.6 is 23.2 Å². The number of carbonyl (C=O) groups is 4. The van der Waals surface area contributed by atoms with Crippen LogP contribution in [0.4, 0.5) is 4.79 Å². The number of aryl methyl sites for hydroxylation is 1. The molecule has 0 spiro atoms. The lowest BCUT2D eigenvalue weighted by molar-refractivity contribution is -0.132. The summed E-state index contributed by atoms with van der Waals surface area (Å²) in [5.74, 6) is -0.888. The van der Waals surface area contributed by atoms with E-state index in [-0.39, 0.29) is 42.5 Å². The maximum atomic E-state index is 13.6. The first-order valence-electron chi connectivity index (χ1n) is 17.4. The zero-order chi connectivity index (χ0) is 38.4. The predicted octanol–water partition coefficient (Wildman–Crippen LogP) is 8.35. The number of unbranched alkanes of at least 4 members (excludes halogenated alkanes) is 1. The normalized spacial score (nSPS) is 15.8. The van der Waals surface area contributed by atoms with E-state index in [4.69, 9.17) is 32.5 Å². The highest BCUT2D eigenvalue weighted by Crippen LogP contribution is 2.42. The van der Waals surface area contributed by atoms with Gasteiger partial charge in [0, 0.05) is 16.1 Å². The number of esters is 1. The number of nitrogens with one attached hydrogen (secondary N) is 3. The molecule has 3 N–H and O–H groups in total. The van der Waals surface area contributed by atoms with Crippen LogP contribution in [-0.4, -0.2) is 52.5 Å². The first kappa shape index (κ1) is 42.0. The minimum absolute atomic E-state index is 0.00756. The Balaban J connectivity index is 0.000000319. The maximum absolute atomic E-state index is 13.6. The van der Waals surface area contributed by atoms with E-state index in [1.807, 2.05) is 57.2 Å². The van der Waals surface area contributed by atoms with E-state index in [1.54, 1.807) is 6.07 Å². The van der Waals surface area contributed by atoms with Gasteiger partial charge in [-0.05, 0) is 60.5 Å². The molecule has 5 rings (SSSR count). The van der Waals surface area contributed by atoms with Crippen molar-refractivity contribution in [1.82, 2.24) is 25.8 Å². The first-order chi connectivity index (χ1) is 24.8. The highest BCUT2D eigenvalue weighted by Gasteiger charge is 2.41. The number of amides is 2. The quantitative estimate of drug-likeness (QED) is 0.128. The smallest absolute Gasteiger partial charge is 0.407 e. The van der Waals surface area contributed by atoms with Gasteiger partial charge in [0.1, 0.15) is 18.4 Å². The Morgan fingerprint density at radius 1 is 1.08 bits per heavy atom. The van der Waals surface area contributed by atoms with Gasteiger partial charge >= 0.3 is 12.1 Å². The zero-order valence-corrected chi connectivity index (χ0v) is 32.4. The summed E-state index contributed by atoms with van der Waals surface area (Å²) in [6.07, 6.45) is 4.74. The summed E-state index contributed by atoms with van der Waals surface area (Å²) in [6.45, 7) is 11.9. The third kappa shape index (κ3) is 11.5. The van der Waals surface area contributed by atoms with Crippen LogP contribution < -0.4 is 10.6 Å². The van der Waals surface area contributed by atoms with E-state index in [2.05, 4.69) is 44.3 Å². The van der Waals surface area contributed by atoms with Crippen LogP contribution in [0.15, 0.2) is 47.0 Å². The number of alkyl carbamates (subject to hydrolysis) is 1. The van der Waals surface area contributed by atoms with Crippen LogP contribution in [0.1, 0.15) is 107 Å². The fraction of sp³-hybridized carbons (Fsp3) is 0.474. The van der Waals surface area contributed by atoms with E-state index >= 15 is 0 Å². The average Bonchev–Trinajstić information content (AvgIpc) is 3.77. The number of benzene rings is 2. The molecule has 14 heteroatoms. The second kappa shape index (κ2) is 20.0. The number of fused-ring (bicyclic) bond motifs is 3. The molecule has 2 heterocycles. The lowest BCUT2D eigenvalue weighted by atomic mass is 9.73. The lowest BCUT2D eigenvalue weighted by Gasteiger charge is -2.34. The molecular formula is C38H49Cl2N5O7. The fourth-order valence-corrected chi connectivity index (χ4v) is 5.86. The van der Waals surface area contributed by atoms with Gasteiger partial charge in [-0.25, -0.2) is 9.59 Å². The van der Waals surface area contributed by atoms with Crippen LogP contribution in [-0.2, 0) is 38.5 Å². The van der Waals surface area contributed by atoms with Gasteiger partial charge in [-0.3, -0.25) is 9.59 Å². The Kier molecular flexibility index (Phi) is 16.1. The number of H-pyrrole nitrogens is 1. The number of rotatable bonds is 11. The molecule has 0 bridgehead atoms. The Morgan fingerprint density at radius 2 is 1.77 bits per heavy atom. The highest BCUT2D eigenvalue weighted by molar-refractivity contribution is 6.38. The van der Waals surface area contributed by atoms with Gasteiger partial charge in [0.25, 0.3) is 5.82 Å². The summed E-state index contributed by atoms with van der Waals surface area (Å²) in [5, 5.41) is 11.2. The summed E-state index contributed by atoms with van der Waals surface area (Å²) in [7, 11) is 1.25. The predicted molar refractivity (Wildman–Crippen MR) is 200 cm³/mol. The SMILES string of the molecule is CC(=O)CNC(=O)OCc1ccccc1.CCCC.CC[C@H](C)C(NC(=O)[C@]1(C)CCc2[nH]c3c(Cl)cc(Cl)cc3c2C1)c1nc(C(=O)OC)no1. The fourth-order valence-electron chi connectivity index (χ4n) is 5.32. The summed E-state index contributed by atoms with van der Waals surface area (Å²) in [4.78, 5) is 54.5. The van der Waals surface area contributed by atoms with Crippen molar-refractivity contribution in [1.29, 1.82) is 0 Å². The van der Waals surface area contributed by atoms with Gasteiger partial charge in [-0.1, -0.05) is 107 Å². The molecule has 52 heavy (non-hydrogen) atoms. The van der Waals surface area contributed by atoms with E-state index in [1.165, 1.54) is 26.9 Å². The van der Waals surface area contributed by atoms with Gasteiger partial charge in [0.2, 0.25) is 11.8 Å². The number of halogens is 2. The molecule has 0 aliphatic heterocycles. The molecule has 1 aliphatic carbocycles. The van der Waals surface area contributed by atoms with Crippen molar-refractivity contribution in [3.8, 4) is 0 Å². The van der Waals surface area contributed by atoms with Crippen molar-refractivity contribution in [2.45, 2.75) is 92.7 Å². The van der Waals surface area contributed by atoms with Crippen molar-refractivity contribution >= 4 is 57.9 Å². The maximum Gasteiger partial charge on any atom is 0.407 e. The molecule has 0 radical (unpaired) electrons. The van der Waals surface area contributed by atoms with E-state index < -0.39 is 23.5 Å². The van der Waals surface area contributed by atoms with Crippen molar-refractivity contribution in [3.63, 3.8) is 0 Å². The largest absolute Gasteiger partial charge is 0.463 e. The molecule has 2 aromatic carbocycles. The number of carbonyl (C=O) groups excluding carboxylic acids is 4. The van der Waals surface area contributed by atoms with Crippen LogP contribution in [0, 0.1) is 11.3 Å². The number of hydrogen-bond acceptors (Lipinski definition) is 9. The lowest BCUT2D eigenvalue weighted by Crippen LogP contribution is -2.45. The van der Waals surface area contributed by atoms with E-state index in [9.17, 15) is 19.2 Å². The summed E-state index contributed by atoms with van der Waals surface area (Å²) < 4.78 is 14.8. The standard InChI is InChI=1S/C23H26Cl2N4O4.C11H13NO3.C4H10/c1-5-11(2)17(20-28-19(29-33-20)21(30)32-4)27-22(31)23(3)7-6-16-14(10-23)13-8-12(24)9-15(25)18(13)26-16;1-9(13)7-12-11(14)15-8-10-5-3-2-4-6-10;1-3-4-2/h8-9,11,17,26H,5-7,10H2,1-4H3,(H,27,31);2-6H,7-8H2,1H3,(H,12,14);3-4H2,1-2H3/t11-,17?,23+;;/m0../s1. The van der Waals surface area contributed by atoms with Crippen LogP contribution in [0.5, 0.6) is 0 Å². The molecule has 2 amide bonds. The summed E-state index contributed by atoms with van der Waals surface area (Å²) in [6, 6.07) is 12.4. The van der Waals surface area contributed by atoms with Crippen molar-refractivity contribution < 1.29 is 33.2 Å². The minimum atomic E-state index is -0.692. The minimum Gasteiger partial charge on any atom is -0.463 e. The number of aromatic nitrogens is 3. The third-order valence-corrected chi connectivity index (χ3v) is 9.35. The monoisotopic (exact) mass is 757 g/mol. The van der Waals surface area contributed by atoms with Crippen molar-refractivity contribution in [2.75, 3.05) is 13.7 Å². The molecule has 0 saturated carbocycles. The van der Waals surface area contributed by atoms with Gasteiger partial charge < -0.3 is 29.6 Å². The van der Waals surface area contributed by atoms with Crippen molar-refractivity contribution in [2.24, 2.45) is 11.3 Å². The van der Waals surface area contributed by atoms with Gasteiger partial charge in [0.15, 0.2) is 0 Å². The molecule has 0 saturated heterocycles. The van der Waals surface area contributed by atoms with Gasteiger partial charge in [0.05, 0.1) is 29.6 Å². The zero-order valence-electron chi connectivity index (χ0n) is 30.9. The second-order valence-electron chi connectivity index (χ2n) is 13.0. The summed E-state index contributed by atoms with van der Waals surface area (Å²) in [5.41, 5.74) is 3.24. The molecule has 0 fully saturated rings. The number of ether oxygens (including phenoxy) is 2. The number of hydrogen-bond donors (Lipinski definition) is 3. The van der Waals surface area contributed by atoms with Crippen LogP contribution in [0.25, 0.3) is 10.9 Å². The molecular weight excluding hydrogens is 709 g/mol. The number of ketones is 1. The third-order valence-electron chi connectivity index (χ3n) is 8.83. The molecule has 1 aliphatic rings. The highest BCUT2D eigenvalue weighted by atomic mass is 35.5. The Bertz CT molecular complexity index is 1810. The molecule has 282 valence electrons. The van der Waals surface area contributed by atoms with E-state index in [0.717, 1.165) is 34.1 Å². The molecule has 1 unspecified atom stereocenters. The summed E-state index contributed by atoms with van der Waals surface area (Å²) >= 11 is 12.6. The van der Waals surface area contributed by atoms with Crippen LogP contribution in [0.3, 0.4) is 0 Å². The number of methoxy groups -OCH3 is 1. The molecule has 12 nitrogen and oxygen atoms in total. The Labute approximate surface area is 314 Å². The van der Waals surface area contributed by atoms with Crippen LogP contribution in [0.2, 0.25) is 10.0 Å². The topological polar surface area (TPSA) is 166 Å². The number of Topliss-reactive ketones (excluding diaryl/α,β-unsaturated/α-hetero) is 1. The number of aromatic amines is 1. The Hall–Kier alpha value is -4.42.